The van der Waals surface area contributed by atoms with Gasteiger partial charge in [-0.15, -0.1) is 11.8 Å². The minimum atomic E-state index is -0.512. The van der Waals surface area contributed by atoms with Crippen LogP contribution in [0, 0.1) is 35.4 Å². The molecule has 0 spiro atoms. The smallest absolute Gasteiger partial charge is 0.344 e. The number of nitrogens with one attached hydrogen (secondary N) is 1. The Kier molecular flexibility index (Phi) is 6.51. The Balaban J connectivity index is 1.30. The zero-order chi connectivity index (χ0) is 28.6. The summed E-state index contributed by atoms with van der Waals surface area (Å²) in [6.07, 6.45) is 0.710. The number of amides is 2. The van der Waals surface area contributed by atoms with Gasteiger partial charge in [-0.05, 0) is 73.6 Å². The molecule has 7 rings (SSSR count). The molecule has 212 valence electrons. The first-order valence-corrected chi connectivity index (χ1v) is 15.4. The van der Waals surface area contributed by atoms with Crippen LogP contribution in [0.3, 0.4) is 0 Å². The topological polar surface area (TPSA) is 106 Å². The number of thiazole rings is 1. The SMILES string of the molecule is CCOC(=O)COc1ccc(Cl)cc1[C@H]1c2sc(=O)[nH]c2SC2C3CC(C4C(=O)N(c5ccc(F)cc5)C(=O)C34)C21. The van der Waals surface area contributed by atoms with Crippen LogP contribution in [0.2, 0.25) is 5.02 Å². The van der Waals surface area contributed by atoms with E-state index in [4.69, 9.17) is 21.1 Å². The minimum absolute atomic E-state index is 0.0363. The Morgan fingerprint density at radius 1 is 1.10 bits per heavy atom. The van der Waals surface area contributed by atoms with Crippen LogP contribution in [0.4, 0.5) is 10.1 Å². The summed E-state index contributed by atoms with van der Waals surface area (Å²) in [5, 5.41) is 1.18. The lowest BCUT2D eigenvalue weighted by Gasteiger charge is -2.43. The van der Waals surface area contributed by atoms with Gasteiger partial charge in [0.2, 0.25) is 11.8 Å². The fourth-order valence-corrected chi connectivity index (χ4v) is 10.5. The summed E-state index contributed by atoms with van der Waals surface area (Å²) in [6.45, 7) is 1.66. The quantitative estimate of drug-likeness (QED) is 0.313. The van der Waals surface area contributed by atoms with E-state index in [0.717, 1.165) is 26.8 Å². The van der Waals surface area contributed by atoms with E-state index in [-0.39, 0.29) is 58.8 Å². The number of anilines is 1. The number of esters is 1. The minimum Gasteiger partial charge on any atom is -0.482 e. The molecule has 7 atom stereocenters. The number of aromatic nitrogens is 1. The average molecular weight is 615 g/mol. The van der Waals surface area contributed by atoms with E-state index >= 15 is 0 Å². The lowest BCUT2D eigenvalue weighted by Crippen LogP contribution is -2.42. The van der Waals surface area contributed by atoms with E-state index in [0.29, 0.717) is 22.9 Å². The molecule has 3 heterocycles. The number of halogens is 2. The molecule has 0 radical (unpaired) electrons. The molecular formula is C29H24ClFN2O6S2. The Labute approximate surface area is 247 Å². The highest BCUT2D eigenvalue weighted by Crippen LogP contribution is 2.69. The summed E-state index contributed by atoms with van der Waals surface area (Å²) < 4.78 is 24.6. The van der Waals surface area contributed by atoms with Crippen LogP contribution in [0.15, 0.2) is 52.3 Å². The fraction of sp³-hybridized carbons (Fsp3) is 0.379. The lowest BCUT2D eigenvalue weighted by atomic mass is 9.68. The summed E-state index contributed by atoms with van der Waals surface area (Å²) in [6, 6.07) is 10.6. The zero-order valence-electron chi connectivity index (χ0n) is 21.7. The van der Waals surface area contributed by atoms with Gasteiger partial charge in [0.15, 0.2) is 6.61 Å². The van der Waals surface area contributed by atoms with Gasteiger partial charge in [-0.1, -0.05) is 22.9 Å². The maximum Gasteiger partial charge on any atom is 0.344 e. The normalized spacial score (nSPS) is 29.3. The van der Waals surface area contributed by atoms with Crippen molar-refractivity contribution in [2.75, 3.05) is 18.1 Å². The standard InChI is InChI=1S/C29H24ClFN2O6S2/c1-2-38-19(34)11-39-18-8-3-12(30)9-15(18)20-21-16-10-17(24(21)40-26-25(20)41-29(37)32-26)23-22(16)27(35)33(28(23)36)14-6-4-13(31)5-7-14/h3-9,16-17,20-24H,2,10-11H2,1H3,(H,32,37)/t16?,17?,20-,21?,22?,23?,24?/m1/s1. The molecule has 3 aromatic rings. The second-order valence-electron chi connectivity index (χ2n) is 10.7. The number of benzene rings is 2. The first-order valence-electron chi connectivity index (χ1n) is 13.4. The summed E-state index contributed by atoms with van der Waals surface area (Å²) in [4.78, 5) is 57.1. The number of thioether (sulfide) groups is 1. The first-order chi connectivity index (χ1) is 19.8. The van der Waals surface area contributed by atoms with Gasteiger partial charge in [0, 0.05) is 26.6 Å². The van der Waals surface area contributed by atoms with Gasteiger partial charge < -0.3 is 14.5 Å². The predicted octanol–water partition coefficient (Wildman–Crippen LogP) is 4.85. The second kappa shape index (κ2) is 9.99. The fourth-order valence-electron chi connectivity index (χ4n) is 7.44. The lowest BCUT2D eigenvalue weighted by molar-refractivity contribution is -0.145. The maximum atomic E-state index is 13.9. The summed E-state index contributed by atoms with van der Waals surface area (Å²) in [5.41, 5.74) is 1.10. The molecule has 1 N–H and O–H groups in total. The van der Waals surface area contributed by atoms with Crippen molar-refractivity contribution in [3.8, 4) is 5.75 Å². The Hall–Kier alpha value is -3.15. The highest BCUT2D eigenvalue weighted by molar-refractivity contribution is 8.00. The van der Waals surface area contributed by atoms with Gasteiger partial charge in [0.25, 0.3) is 0 Å². The van der Waals surface area contributed by atoms with Crippen LogP contribution >= 0.6 is 34.7 Å². The van der Waals surface area contributed by atoms with E-state index in [1.54, 1.807) is 36.9 Å². The van der Waals surface area contributed by atoms with E-state index in [1.165, 1.54) is 29.2 Å². The zero-order valence-corrected chi connectivity index (χ0v) is 24.1. The van der Waals surface area contributed by atoms with Crippen molar-refractivity contribution in [3.05, 3.63) is 73.4 Å². The summed E-state index contributed by atoms with van der Waals surface area (Å²) >= 11 is 9.17. The van der Waals surface area contributed by atoms with Gasteiger partial charge in [0.1, 0.15) is 11.6 Å². The monoisotopic (exact) mass is 614 g/mol. The molecule has 41 heavy (non-hydrogen) atoms. The number of aromatic amines is 1. The number of hydrogen-bond donors (Lipinski definition) is 1. The molecule has 1 saturated heterocycles. The molecule has 3 fully saturated rings. The van der Waals surface area contributed by atoms with Gasteiger partial charge >= 0.3 is 10.8 Å². The molecule has 1 aromatic heterocycles. The number of nitrogens with zero attached hydrogens (tertiary/aromatic N) is 1. The van der Waals surface area contributed by atoms with E-state index in [9.17, 15) is 23.6 Å². The van der Waals surface area contributed by atoms with Gasteiger partial charge in [0.05, 0.1) is 29.2 Å². The predicted molar refractivity (Wildman–Crippen MR) is 151 cm³/mol. The number of carbonyl (C=O) groups excluding carboxylic acids is 3. The molecule has 2 aromatic carbocycles. The number of fused-ring (bicyclic) bond motifs is 9. The van der Waals surface area contributed by atoms with Crippen molar-refractivity contribution in [1.29, 1.82) is 0 Å². The highest BCUT2D eigenvalue weighted by Gasteiger charge is 2.69. The van der Waals surface area contributed by atoms with Crippen molar-refractivity contribution in [3.63, 3.8) is 0 Å². The third-order valence-corrected chi connectivity index (χ3v) is 11.6. The van der Waals surface area contributed by atoms with Crippen LogP contribution in [0.1, 0.15) is 29.7 Å². The van der Waals surface area contributed by atoms with Crippen molar-refractivity contribution < 1.29 is 28.2 Å². The van der Waals surface area contributed by atoms with Gasteiger partial charge in [-0.3, -0.25) is 19.3 Å². The molecule has 2 amide bonds. The number of carbonyl (C=O) groups is 3. The molecule has 2 aliphatic carbocycles. The Bertz CT molecular complexity index is 1640. The van der Waals surface area contributed by atoms with Crippen LogP contribution in [-0.2, 0) is 19.1 Å². The first kappa shape index (κ1) is 26.7. The highest BCUT2D eigenvalue weighted by atomic mass is 35.5. The van der Waals surface area contributed by atoms with Crippen molar-refractivity contribution >= 4 is 58.2 Å². The molecule has 2 aliphatic heterocycles. The largest absolute Gasteiger partial charge is 0.482 e. The number of rotatable bonds is 6. The van der Waals surface area contributed by atoms with Crippen LogP contribution in [-0.4, -0.2) is 41.2 Å². The molecule has 12 heteroatoms. The van der Waals surface area contributed by atoms with Gasteiger partial charge in [-0.2, -0.15) is 0 Å². The molecule has 2 saturated carbocycles. The molecule has 4 aliphatic rings. The Morgan fingerprint density at radius 2 is 1.83 bits per heavy atom. The van der Waals surface area contributed by atoms with E-state index in [2.05, 4.69) is 4.98 Å². The number of imide groups is 1. The van der Waals surface area contributed by atoms with Crippen LogP contribution < -0.4 is 14.5 Å². The van der Waals surface area contributed by atoms with E-state index in [1.807, 2.05) is 0 Å². The summed E-state index contributed by atoms with van der Waals surface area (Å²) in [5.74, 6) is -2.63. The average Bonchev–Trinajstić information content (AvgIpc) is 3.67. The number of hydrogen-bond acceptors (Lipinski definition) is 8. The maximum absolute atomic E-state index is 13.9. The van der Waals surface area contributed by atoms with Crippen molar-refractivity contribution in [2.24, 2.45) is 29.6 Å². The van der Waals surface area contributed by atoms with E-state index < -0.39 is 23.6 Å². The number of ether oxygens (including phenoxy) is 2. The van der Waals surface area contributed by atoms with Crippen molar-refractivity contribution in [1.82, 2.24) is 4.98 Å². The van der Waals surface area contributed by atoms with Crippen molar-refractivity contribution in [2.45, 2.75) is 29.5 Å². The third-order valence-electron chi connectivity index (χ3n) is 8.77. The molecule has 2 bridgehead atoms. The van der Waals surface area contributed by atoms with Crippen LogP contribution in [0.5, 0.6) is 5.75 Å². The second-order valence-corrected chi connectivity index (χ2v) is 13.4. The molecule has 6 unspecified atom stereocenters. The molecular weight excluding hydrogens is 591 g/mol. The van der Waals surface area contributed by atoms with Gasteiger partial charge in [-0.25, -0.2) is 9.18 Å². The Morgan fingerprint density at radius 3 is 2.56 bits per heavy atom. The molecule has 8 nitrogen and oxygen atoms in total. The third kappa shape index (κ3) is 4.15. The van der Waals surface area contributed by atoms with Crippen LogP contribution in [0.25, 0.3) is 0 Å². The summed E-state index contributed by atoms with van der Waals surface area (Å²) in [7, 11) is 0. The number of H-pyrrole nitrogens is 1.